The van der Waals surface area contributed by atoms with E-state index in [2.05, 4.69) is 18.0 Å². The van der Waals surface area contributed by atoms with Crippen LogP contribution in [0, 0.1) is 6.92 Å². The van der Waals surface area contributed by atoms with E-state index in [1.807, 2.05) is 24.4 Å². The van der Waals surface area contributed by atoms with Crippen LogP contribution in [0.2, 0.25) is 0 Å². The molecule has 0 saturated heterocycles. The Morgan fingerprint density at radius 1 is 1.33 bits per heavy atom. The summed E-state index contributed by atoms with van der Waals surface area (Å²) in [6.07, 6.45) is 1.82. The van der Waals surface area contributed by atoms with Gasteiger partial charge in [-0.05, 0) is 23.9 Å². The molecule has 1 heterocycles. The van der Waals surface area contributed by atoms with Gasteiger partial charge in [0.15, 0.2) is 0 Å². The molecule has 1 aromatic heterocycles. The summed E-state index contributed by atoms with van der Waals surface area (Å²) in [5.74, 6) is 0.577. The van der Waals surface area contributed by atoms with Crippen molar-refractivity contribution in [3.05, 3.63) is 36.0 Å². The molecule has 0 fully saturated rings. The zero-order valence-corrected chi connectivity index (χ0v) is 6.91. The lowest BCUT2D eigenvalue weighted by atomic mass is 10.1. The zero-order chi connectivity index (χ0) is 8.55. The third-order valence-electron chi connectivity index (χ3n) is 2.00. The molecule has 0 aliphatic rings. The van der Waals surface area contributed by atoms with Gasteiger partial charge >= 0.3 is 0 Å². The van der Waals surface area contributed by atoms with Crippen LogP contribution in [-0.4, -0.2) is 4.98 Å². The lowest BCUT2D eigenvalue weighted by Gasteiger charge is -2.00. The maximum atomic E-state index is 5.56. The summed E-state index contributed by atoms with van der Waals surface area (Å²) >= 11 is 0. The van der Waals surface area contributed by atoms with Gasteiger partial charge in [-0.2, -0.15) is 0 Å². The maximum Gasteiger partial charge on any atom is 0.123 e. The van der Waals surface area contributed by atoms with Crippen LogP contribution in [0.15, 0.2) is 30.5 Å². The quantitative estimate of drug-likeness (QED) is 0.637. The van der Waals surface area contributed by atoms with E-state index in [4.69, 9.17) is 5.73 Å². The van der Waals surface area contributed by atoms with Gasteiger partial charge in [-0.1, -0.05) is 18.2 Å². The topological polar surface area (TPSA) is 38.9 Å². The minimum absolute atomic E-state index is 0.577. The molecule has 0 aliphatic heterocycles. The van der Waals surface area contributed by atoms with Crippen LogP contribution in [0.3, 0.4) is 0 Å². The van der Waals surface area contributed by atoms with Crippen molar-refractivity contribution in [2.75, 3.05) is 5.73 Å². The average molecular weight is 158 g/mol. The van der Waals surface area contributed by atoms with Crippen molar-refractivity contribution in [3.63, 3.8) is 0 Å². The van der Waals surface area contributed by atoms with Crippen LogP contribution in [-0.2, 0) is 0 Å². The Hall–Kier alpha value is -1.57. The summed E-state index contributed by atoms with van der Waals surface area (Å²) in [5.41, 5.74) is 6.80. The molecule has 0 radical (unpaired) electrons. The second kappa shape index (κ2) is 2.48. The van der Waals surface area contributed by atoms with Gasteiger partial charge in [-0.15, -0.1) is 0 Å². The fraction of sp³-hybridized carbons (Fsp3) is 0.100. The summed E-state index contributed by atoms with van der Waals surface area (Å²) in [7, 11) is 0. The molecule has 2 nitrogen and oxygen atoms in total. The van der Waals surface area contributed by atoms with Gasteiger partial charge in [0.05, 0.1) is 0 Å². The van der Waals surface area contributed by atoms with Gasteiger partial charge < -0.3 is 5.73 Å². The molecular formula is C10H10N2. The number of aromatic nitrogens is 1. The molecule has 0 saturated carbocycles. The molecular weight excluding hydrogens is 148 g/mol. The number of nitrogens with zero attached hydrogens (tertiary/aromatic N) is 1. The number of rotatable bonds is 0. The molecule has 12 heavy (non-hydrogen) atoms. The van der Waals surface area contributed by atoms with Gasteiger partial charge in [0.2, 0.25) is 0 Å². The Morgan fingerprint density at radius 3 is 3.00 bits per heavy atom. The minimum atomic E-state index is 0.577. The van der Waals surface area contributed by atoms with E-state index in [0.29, 0.717) is 5.82 Å². The summed E-state index contributed by atoms with van der Waals surface area (Å²) in [6.45, 7) is 2.07. The van der Waals surface area contributed by atoms with Crippen molar-refractivity contribution in [2.24, 2.45) is 0 Å². The SMILES string of the molecule is Cc1cccc2cc(N)ncc12. The molecule has 0 aliphatic carbocycles. The number of nitrogen functional groups attached to an aromatic ring is 1. The Labute approximate surface area is 71.0 Å². The van der Waals surface area contributed by atoms with E-state index < -0.39 is 0 Å². The Balaban J connectivity index is 2.86. The molecule has 2 heteroatoms. The van der Waals surface area contributed by atoms with Crippen LogP contribution < -0.4 is 5.73 Å². The second-order valence-electron chi connectivity index (χ2n) is 2.91. The third kappa shape index (κ3) is 1.01. The van der Waals surface area contributed by atoms with Crippen molar-refractivity contribution in [3.8, 4) is 0 Å². The molecule has 0 atom stereocenters. The van der Waals surface area contributed by atoms with Crippen molar-refractivity contribution >= 4 is 16.6 Å². The summed E-state index contributed by atoms with van der Waals surface area (Å²) in [4.78, 5) is 4.05. The number of nitrogens with two attached hydrogens (primary N) is 1. The van der Waals surface area contributed by atoms with Crippen LogP contribution in [0.25, 0.3) is 10.8 Å². The number of hydrogen-bond acceptors (Lipinski definition) is 2. The predicted octanol–water partition coefficient (Wildman–Crippen LogP) is 2.13. The third-order valence-corrected chi connectivity index (χ3v) is 2.00. The highest BCUT2D eigenvalue weighted by molar-refractivity contribution is 5.86. The van der Waals surface area contributed by atoms with Gasteiger partial charge in [-0.25, -0.2) is 4.98 Å². The van der Waals surface area contributed by atoms with Crippen molar-refractivity contribution in [2.45, 2.75) is 6.92 Å². The molecule has 0 bridgehead atoms. The Morgan fingerprint density at radius 2 is 2.17 bits per heavy atom. The molecule has 1 aromatic carbocycles. The summed E-state index contributed by atoms with van der Waals surface area (Å²) in [6, 6.07) is 8.03. The fourth-order valence-electron chi connectivity index (χ4n) is 1.34. The molecule has 60 valence electrons. The molecule has 2 rings (SSSR count). The van der Waals surface area contributed by atoms with Crippen LogP contribution in [0.5, 0.6) is 0 Å². The number of hydrogen-bond donors (Lipinski definition) is 1. The van der Waals surface area contributed by atoms with Crippen molar-refractivity contribution in [1.82, 2.24) is 4.98 Å². The average Bonchev–Trinajstić information content (AvgIpc) is 2.04. The first-order valence-corrected chi connectivity index (χ1v) is 3.88. The normalized spacial score (nSPS) is 10.4. The minimum Gasteiger partial charge on any atom is -0.384 e. The fourth-order valence-corrected chi connectivity index (χ4v) is 1.34. The zero-order valence-electron chi connectivity index (χ0n) is 6.91. The lowest BCUT2D eigenvalue weighted by molar-refractivity contribution is 1.36. The van der Waals surface area contributed by atoms with Crippen molar-refractivity contribution < 1.29 is 0 Å². The standard InChI is InChI=1S/C10H10N2/c1-7-3-2-4-8-5-10(11)12-6-9(7)8/h2-6H,1H3,(H2,11,12). The first-order valence-electron chi connectivity index (χ1n) is 3.88. The first kappa shape index (κ1) is 7.10. The number of pyridine rings is 1. The molecule has 2 aromatic rings. The van der Waals surface area contributed by atoms with Gasteiger partial charge in [-0.3, -0.25) is 0 Å². The van der Waals surface area contributed by atoms with Gasteiger partial charge in [0, 0.05) is 11.6 Å². The molecule has 2 N–H and O–H groups in total. The second-order valence-corrected chi connectivity index (χ2v) is 2.91. The van der Waals surface area contributed by atoms with E-state index in [9.17, 15) is 0 Å². The number of anilines is 1. The van der Waals surface area contributed by atoms with E-state index >= 15 is 0 Å². The van der Waals surface area contributed by atoms with E-state index in [1.54, 1.807) is 0 Å². The van der Waals surface area contributed by atoms with E-state index in [0.717, 1.165) is 5.39 Å². The van der Waals surface area contributed by atoms with Gasteiger partial charge in [0.25, 0.3) is 0 Å². The van der Waals surface area contributed by atoms with Crippen molar-refractivity contribution in [1.29, 1.82) is 0 Å². The van der Waals surface area contributed by atoms with E-state index in [-0.39, 0.29) is 0 Å². The predicted molar refractivity (Wildman–Crippen MR) is 50.9 cm³/mol. The smallest absolute Gasteiger partial charge is 0.123 e. The summed E-state index contributed by atoms with van der Waals surface area (Å²) < 4.78 is 0. The highest BCUT2D eigenvalue weighted by Gasteiger charge is 1.96. The van der Waals surface area contributed by atoms with Gasteiger partial charge in [0.1, 0.15) is 5.82 Å². The van der Waals surface area contributed by atoms with Crippen LogP contribution in [0.1, 0.15) is 5.56 Å². The maximum absolute atomic E-state index is 5.56. The number of aryl methyl sites for hydroxylation is 1. The highest BCUT2D eigenvalue weighted by atomic mass is 14.8. The van der Waals surface area contributed by atoms with E-state index in [1.165, 1.54) is 10.9 Å². The number of fused-ring (bicyclic) bond motifs is 1. The van der Waals surface area contributed by atoms with Crippen LogP contribution in [0.4, 0.5) is 5.82 Å². The highest BCUT2D eigenvalue weighted by Crippen LogP contribution is 2.18. The lowest BCUT2D eigenvalue weighted by Crippen LogP contribution is -1.89. The molecule has 0 amide bonds. The Kier molecular flexibility index (Phi) is 1.47. The molecule has 0 spiro atoms. The first-order chi connectivity index (χ1) is 5.77. The largest absolute Gasteiger partial charge is 0.384 e. The Bertz CT molecular complexity index is 421. The van der Waals surface area contributed by atoms with Crippen LogP contribution >= 0.6 is 0 Å². The summed E-state index contributed by atoms with van der Waals surface area (Å²) in [5, 5.41) is 2.33. The number of benzene rings is 1. The monoisotopic (exact) mass is 158 g/mol. The molecule has 0 unspecified atom stereocenters.